The van der Waals surface area contributed by atoms with Crippen LogP contribution in [0.15, 0.2) is 29.3 Å². The summed E-state index contributed by atoms with van der Waals surface area (Å²) >= 11 is 0. The van der Waals surface area contributed by atoms with Gasteiger partial charge in [-0.2, -0.15) is 0 Å². The summed E-state index contributed by atoms with van der Waals surface area (Å²) in [5.74, 6) is 0.874. The zero-order valence-electron chi connectivity index (χ0n) is 14.8. The number of rotatable bonds is 6. The third kappa shape index (κ3) is 6.10. The van der Waals surface area contributed by atoms with E-state index in [4.69, 9.17) is 0 Å². The van der Waals surface area contributed by atoms with Gasteiger partial charge in [0, 0.05) is 46.5 Å². The number of nitrogens with zero attached hydrogens (tertiary/aromatic N) is 3. The van der Waals surface area contributed by atoms with Gasteiger partial charge in [0.15, 0.2) is 5.96 Å². The van der Waals surface area contributed by atoms with Crippen LogP contribution in [0.3, 0.4) is 0 Å². The average molecular weight is 317 g/mol. The maximum absolute atomic E-state index is 4.30. The second kappa shape index (κ2) is 9.40. The Morgan fingerprint density at radius 3 is 2.39 bits per heavy atom. The van der Waals surface area contributed by atoms with Crippen molar-refractivity contribution in [3.63, 3.8) is 0 Å². The Labute approximate surface area is 140 Å². The number of nitrogens with one attached hydrogen (secondary N) is 2. The van der Waals surface area contributed by atoms with Gasteiger partial charge in [-0.15, -0.1) is 0 Å². The van der Waals surface area contributed by atoms with Crippen molar-refractivity contribution in [2.24, 2.45) is 4.99 Å². The van der Waals surface area contributed by atoms with Gasteiger partial charge in [-0.25, -0.2) is 0 Å². The van der Waals surface area contributed by atoms with Crippen molar-refractivity contribution in [3.05, 3.63) is 29.8 Å². The molecule has 23 heavy (non-hydrogen) atoms. The molecule has 1 heterocycles. The predicted octanol–water partition coefficient (Wildman–Crippen LogP) is 1.90. The van der Waals surface area contributed by atoms with Crippen molar-refractivity contribution < 1.29 is 0 Å². The Morgan fingerprint density at radius 2 is 1.78 bits per heavy atom. The van der Waals surface area contributed by atoms with E-state index in [2.05, 4.69) is 63.8 Å². The molecule has 0 radical (unpaired) electrons. The number of hydrogen-bond acceptors (Lipinski definition) is 3. The van der Waals surface area contributed by atoms with Crippen LogP contribution in [0.25, 0.3) is 0 Å². The molecule has 5 heteroatoms. The Hall–Kier alpha value is -1.75. The minimum Gasteiger partial charge on any atom is -0.378 e. The first-order valence-corrected chi connectivity index (χ1v) is 8.62. The Bertz CT molecular complexity index is 475. The van der Waals surface area contributed by atoms with Gasteiger partial charge in [0.2, 0.25) is 0 Å². The smallest absolute Gasteiger partial charge is 0.191 e. The lowest BCUT2D eigenvalue weighted by atomic mass is 10.1. The molecule has 0 aliphatic carbocycles. The highest BCUT2D eigenvalue weighted by atomic mass is 15.2. The summed E-state index contributed by atoms with van der Waals surface area (Å²) in [5, 5.41) is 6.78. The lowest BCUT2D eigenvalue weighted by Crippen LogP contribution is -2.42. The van der Waals surface area contributed by atoms with Gasteiger partial charge in [0.1, 0.15) is 0 Å². The average Bonchev–Trinajstić information content (AvgIpc) is 2.59. The van der Waals surface area contributed by atoms with E-state index in [1.807, 2.05) is 7.05 Å². The van der Waals surface area contributed by atoms with Crippen LogP contribution in [0, 0.1) is 0 Å². The van der Waals surface area contributed by atoms with Crippen LogP contribution < -0.4 is 15.5 Å². The molecular weight excluding hydrogens is 286 g/mol. The zero-order chi connectivity index (χ0) is 16.5. The fourth-order valence-corrected chi connectivity index (χ4v) is 2.83. The van der Waals surface area contributed by atoms with E-state index in [0.717, 1.165) is 25.6 Å². The molecule has 1 fully saturated rings. The molecule has 1 aliphatic rings. The van der Waals surface area contributed by atoms with Gasteiger partial charge in [-0.05, 0) is 43.6 Å². The highest BCUT2D eigenvalue weighted by Gasteiger charge is 2.09. The summed E-state index contributed by atoms with van der Waals surface area (Å²) < 4.78 is 0. The van der Waals surface area contributed by atoms with E-state index in [1.165, 1.54) is 43.6 Å². The minimum atomic E-state index is 0.789. The highest BCUT2D eigenvalue weighted by Crippen LogP contribution is 2.12. The van der Waals surface area contributed by atoms with Gasteiger partial charge in [-0.3, -0.25) is 4.99 Å². The standard InChI is InChI=1S/C18H31N5/c1-19-18(20-11-14-23-12-5-4-6-13-23)21-15-16-7-9-17(10-8-16)22(2)3/h7-10H,4-6,11-15H2,1-3H3,(H2,19,20,21). The molecule has 2 N–H and O–H groups in total. The number of benzene rings is 1. The number of piperidine rings is 1. The van der Waals surface area contributed by atoms with Gasteiger partial charge in [0.25, 0.3) is 0 Å². The number of guanidine groups is 1. The highest BCUT2D eigenvalue weighted by molar-refractivity contribution is 5.79. The lowest BCUT2D eigenvalue weighted by Gasteiger charge is -2.26. The molecule has 1 aliphatic heterocycles. The molecule has 1 aromatic carbocycles. The molecule has 1 aromatic rings. The van der Waals surface area contributed by atoms with Crippen LogP contribution in [0.2, 0.25) is 0 Å². The Balaban J connectivity index is 1.69. The van der Waals surface area contributed by atoms with Gasteiger partial charge >= 0.3 is 0 Å². The number of anilines is 1. The SMILES string of the molecule is CN=C(NCCN1CCCCC1)NCc1ccc(N(C)C)cc1. The molecule has 128 valence electrons. The lowest BCUT2D eigenvalue weighted by molar-refractivity contribution is 0.232. The van der Waals surface area contributed by atoms with E-state index in [-0.39, 0.29) is 0 Å². The molecule has 1 saturated heterocycles. The summed E-state index contributed by atoms with van der Waals surface area (Å²) in [6, 6.07) is 8.60. The first-order chi connectivity index (χ1) is 11.2. The molecule has 0 aromatic heterocycles. The van der Waals surface area contributed by atoms with Crippen molar-refractivity contribution >= 4 is 11.6 Å². The third-order valence-corrected chi connectivity index (χ3v) is 4.31. The quantitative estimate of drug-likeness (QED) is 0.621. The van der Waals surface area contributed by atoms with Crippen LogP contribution in [-0.4, -0.2) is 58.2 Å². The van der Waals surface area contributed by atoms with Gasteiger partial charge in [-0.1, -0.05) is 18.6 Å². The molecule has 5 nitrogen and oxygen atoms in total. The predicted molar refractivity (Wildman–Crippen MR) is 99.3 cm³/mol. The first kappa shape index (κ1) is 17.6. The molecule has 0 saturated carbocycles. The molecular formula is C18H31N5. The maximum Gasteiger partial charge on any atom is 0.191 e. The van der Waals surface area contributed by atoms with Gasteiger partial charge < -0.3 is 20.4 Å². The van der Waals surface area contributed by atoms with Crippen LogP contribution in [-0.2, 0) is 6.54 Å². The van der Waals surface area contributed by atoms with Crippen LogP contribution >= 0.6 is 0 Å². The van der Waals surface area contributed by atoms with Crippen molar-refractivity contribution in [3.8, 4) is 0 Å². The molecule has 0 amide bonds. The van der Waals surface area contributed by atoms with E-state index in [0.29, 0.717) is 0 Å². The summed E-state index contributed by atoms with van der Waals surface area (Å²) in [6.07, 6.45) is 4.08. The normalized spacial score (nSPS) is 16.2. The van der Waals surface area contributed by atoms with Crippen molar-refractivity contribution in [1.82, 2.24) is 15.5 Å². The first-order valence-electron chi connectivity index (χ1n) is 8.62. The third-order valence-electron chi connectivity index (χ3n) is 4.31. The van der Waals surface area contributed by atoms with E-state index in [9.17, 15) is 0 Å². The number of hydrogen-bond donors (Lipinski definition) is 2. The largest absolute Gasteiger partial charge is 0.378 e. The summed E-state index contributed by atoms with van der Waals surface area (Å²) in [5.41, 5.74) is 2.48. The molecule has 0 bridgehead atoms. The Morgan fingerprint density at radius 1 is 1.09 bits per heavy atom. The monoisotopic (exact) mass is 317 g/mol. The second-order valence-electron chi connectivity index (χ2n) is 6.32. The summed E-state index contributed by atoms with van der Waals surface area (Å²) in [6.45, 7) is 5.31. The zero-order valence-corrected chi connectivity index (χ0v) is 14.8. The Kier molecular flexibility index (Phi) is 7.20. The topological polar surface area (TPSA) is 42.9 Å². The number of aliphatic imine (C=N–C) groups is 1. The van der Waals surface area contributed by atoms with Crippen LogP contribution in [0.1, 0.15) is 24.8 Å². The van der Waals surface area contributed by atoms with Crippen molar-refractivity contribution in [2.75, 3.05) is 52.2 Å². The fraction of sp³-hybridized carbons (Fsp3) is 0.611. The summed E-state index contributed by atoms with van der Waals surface area (Å²) in [7, 11) is 5.94. The van der Waals surface area contributed by atoms with E-state index < -0.39 is 0 Å². The molecule has 0 spiro atoms. The minimum absolute atomic E-state index is 0.789. The molecule has 0 unspecified atom stereocenters. The van der Waals surface area contributed by atoms with Crippen molar-refractivity contribution in [2.45, 2.75) is 25.8 Å². The molecule has 0 atom stereocenters. The van der Waals surface area contributed by atoms with E-state index >= 15 is 0 Å². The second-order valence-corrected chi connectivity index (χ2v) is 6.32. The number of likely N-dealkylation sites (tertiary alicyclic amines) is 1. The van der Waals surface area contributed by atoms with Crippen molar-refractivity contribution in [1.29, 1.82) is 0 Å². The van der Waals surface area contributed by atoms with Crippen LogP contribution in [0.5, 0.6) is 0 Å². The fourth-order valence-electron chi connectivity index (χ4n) is 2.83. The molecule has 2 rings (SSSR count). The summed E-state index contributed by atoms with van der Waals surface area (Å²) in [4.78, 5) is 8.94. The van der Waals surface area contributed by atoms with Crippen LogP contribution in [0.4, 0.5) is 5.69 Å². The van der Waals surface area contributed by atoms with Gasteiger partial charge in [0.05, 0.1) is 0 Å². The van der Waals surface area contributed by atoms with E-state index in [1.54, 1.807) is 0 Å². The maximum atomic E-state index is 4.30.